The number of amides is 1. The minimum Gasteiger partial charge on any atom is -0.503 e. The van der Waals surface area contributed by atoms with Crippen LogP contribution in [0.2, 0.25) is 5.02 Å². The molecule has 1 aliphatic heterocycles. The van der Waals surface area contributed by atoms with Crippen LogP contribution in [-0.4, -0.2) is 29.1 Å². The summed E-state index contributed by atoms with van der Waals surface area (Å²) >= 11 is 6.06. The smallest absolute Gasteiger partial charge is 0.254 e. The van der Waals surface area contributed by atoms with Crippen LogP contribution in [0.4, 0.5) is 0 Å². The summed E-state index contributed by atoms with van der Waals surface area (Å²) in [7, 11) is 0. The standard InChI is InChI=1S/C19H20ClNO3/c1-2-24-17-12-14(11-15(20)18(17)22)19(23)21-10-6-9-16(21)13-7-4-3-5-8-13/h3-5,7-8,11-12,16,22H,2,6,9-10H2,1H3. The monoisotopic (exact) mass is 345 g/mol. The molecule has 0 spiro atoms. The maximum absolute atomic E-state index is 13.0. The number of nitrogens with zero attached hydrogens (tertiary/aromatic N) is 1. The van der Waals surface area contributed by atoms with Crippen molar-refractivity contribution in [3.05, 3.63) is 58.6 Å². The van der Waals surface area contributed by atoms with Crippen molar-refractivity contribution in [1.82, 2.24) is 4.90 Å². The van der Waals surface area contributed by atoms with Crippen LogP contribution in [0.1, 0.15) is 41.7 Å². The summed E-state index contributed by atoms with van der Waals surface area (Å²) in [6.07, 6.45) is 1.91. The van der Waals surface area contributed by atoms with Crippen molar-refractivity contribution in [2.45, 2.75) is 25.8 Å². The van der Waals surface area contributed by atoms with Crippen LogP contribution in [-0.2, 0) is 0 Å². The van der Waals surface area contributed by atoms with Crippen LogP contribution >= 0.6 is 11.6 Å². The van der Waals surface area contributed by atoms with Gasteiger partial charge in [0.05, 0.1) is 17.7 Å². The molecule has 2 aromatic carbocycles. The molecule has 1 N–H and O–H groups in total. The highest BCUT2D eigenvalue weighted by Crippen LogP contribution is 2.38. The van der Waals surface area contributed by atoms with E-state index in [9.17, 15) is 9.90 Å². The average molecular weight is 346 g/mol. The van der Waals surface area contributed by atoms with Gasteiger partial charge in [-0.3, -0.25) is 4.79 Å². The molecule has 0 saturated carbocycles. The van der Waals surface area contributed by atoms with E-state index in [0.717, 1.165) is 18.4 Å². The van der Waals surface area contributed by atoms with E-state index >= 15 is 0 Å². The Kier molecular flexibility index (Phi) is 4.95. The maximum atomic E-state index is 13.0. The van der Waals surface area contributed by atoms with Crippen molar-refractivity contribution in [3.8, 4) is 11.5 Å². The third-order valence-electron chi connectivity index (χ3n) is 4.27. The fraction of sp³-hybridized carbons (Fsp3) is 0.316. The number of halogens is 1. The van der Waals surface area contributed by atoms with E-state index in [-0.39, 0.29) is 28.5 Å². The SMILES string of the molecule is CCOc1cc(C(=O)N2CCCC2c2ccccc2)cc(Cl)c1O. The Bertz CT molecular complexity index is 733. The van der Waals surface area contributed by atoms with E-state index in [0.29, 0.717) is 18.7 Å². The molecule has 1 aliphatic rings. The Labute approximate surface area is 146 Å². The van der Waals surface area contributed by atoms with Crippen LogP contribution in [0.25, 0.3) is 0 Å². The zero-order chi connectivity index (χ0) is 17.1. The largest absolute Gasteiger partial charge is 0.503 e. The lowest BCUT2D eigenvalue weighted by atomic mass is 10.0. The summed E-state index contributed by atoms with van der Waals surface area (Å²) in [4.78, 5) is 14.8. The van der Waals surface area contributed by atoms with Crippen LogP contribution in [0.15, 0.2) is 42.5 Å². The van der Waals surface area contributed by atoms with E-state index in [2.05, 4.69) is 0 Å². The summed E-state index contributed by atoms with van der Waals surface area (Å²) in [6.45, 7) is 2.91. The number of likely N-dealkylation sites (tertiary alicyclic amines) is 1. The molecule has 1 amide bonds. The first-order valence-electron chi connectivity index (χ1n) is 8.13. The number of carbonyl (C=O) groups is 1. The van der Waals surface area contributed by atoms with Crippen LogP contribution < -0.4 is 4.74 Å². The van der Waals surface area contributed by atoms with Gasteiger partial charge in [-0.05, 0) is 37.5 Å². The zero-order valence-electron chi connectivity index (χ0n) is 13.5. The Balaban J connectivity index is 1.91. The number of benzene rings is 2. The topological polar surface area (TPSA) is 49.8 Å². The molecule has 1 unspecified atom stereocenters. The number of carbonyl (C=O) groups excluding carboxylic acids is 1. The van der Waals surface area contributed by atoms with Crippen molar-refractivity contribution in [2.24, 2.45) is 0 Å². The molecule has 1 fully saturated rings. The van der Waals surface area contributed by atoms with Gasteiger partial charge in [0, 0.05) is 12.1 Å². The molecular formula is C19H20ClNO3. The Morgan fingerprint density at radius 2 is 2.08 bits per heavy atom. The number of phenols is 1. The van der Waals surface area contributed by atoms with Crippen LogP contribution in [0, 0.1) is 0 Å². The first-order valence-corrected chi connectivity index (χ1v) is 8.50. The summed E-state index contributed by atoms with van der Waals surface area (Å²) in [5, 5.41) is 10.1. The molecular weight excluding hydrogens is 326 g/mol. The molecule has 0 aromatic heterocycles. The number of rotatable bonds is 4. The number of aromatic hydroxyl groups is 1. The maximum Gasteiger partial charge on any atom is 0.254 e. The predicted octanol–water partition coefficient (Wildman–Crippen LogP) is 4.42. The molecule has 1 saturated heterocycles. The van der Waals surface area contributed by atoms with Crippen LogP contribution in [0.5, 0.6) is 11.5 Å². The van der Waals surface area contributed by atoms with Crippen molar-refractivity contribution in [2.75, 3.05) is 13.2 Å². The molecule has 126 valence electrons. The zero-order valence-corrected chi connectivity index (χ0v) is 14.3. The minimum absolute atomic E-state index is 0.0711. The predicted molar refractivity (Wildman–Crippen MR) is 93.7 cm³/mol. The van der Waals surface area contributed by atoms with Crippen molar-refractivity contribution < 1.29 is 14.6 Å². The number of hydrogen-bond donors (Lipinski definition) is 1. The lowest BCUT2D eigenvalue weighted by Gasteiger charge is -2.25. The number of ether oxygens (including phenoxy) is 1. The third-order valence-corrected chi connectivity index (χ3v) is 4.56. The summed E-state index contributed by atoms with van der Waals surface area (Å²) in [5.74, 6) is 0.0177. The lowest BCUT2D eigenvalue weighted by molar-refractivity contribution is 0.0735. The molecule has 24 heavy (non-hydrogen) atoms. The van der Waals surface area contributed by atoms with E-state index in [1.54, 1.807) is 6.07 Å². The van der Waals surface area contributed by atoms with Crippen LogP contribution in [0.3, 0.4) is 0 Å². The molecule has 1 heterocycles. The molecule has 0 aliphatic carbocycles. The molecule has 4 nitrogen and oxygen atoms in total. The van der Waals surface area contributed by atoms with E-state index in [1.807, 2.05) is 42.2 Å². The molecule has 5 heteroatoms. The molecule has 1 atom stereocenters. The van der Waals surface area contributed by atoms with Gasteiger partial charge < -0.3 is 14.7 Å². The number of phenolic OH excluding ortho intramolecular Hbond substituents is 1. The lowest BCUT2D eigenvalue weighted by Crippen LogP contribution is -2.30. The highest BCUT2D eigenvalue weighted by Gasteiger charge is 2.31. The van der Waals surface area contributed by atoms with E-state index < -0.39 is 0 Å². The molecule has 0 radical (unpaired) electrons. The second-order valence-corrected chi connectivity index (χ2v) is 6.21. The van der Waals surface area contributed by atoms with Gasteiger partial charge in [0.1, 0.15) is 0 Å². The quantitative estimate of drug-likeness (QED) is 0.892. The van der Waals surface area contributed by atoms with E-state index in [1.165, 1.54) is 6.07 Å². The van der Waals surface area contributed by atoms with Gasteiger partial charge in [-0.1, -0.05) is 41.9 Å². The second kappa shape index (κ2) is 7.14. The highest BCUT2D eigenvalue weighted by atomic mass is 35.5. The Hall–Kier alpha value is -2.20. The van der Waals surface area contributed by atoms with Gasteiger partial charge in [0.2, 0.25) is 0 Å². The fourth-order valence-corrected chi connectivity index (χ4v) is 3.37. The summed E-state index contributed by atoms with van der Waals surface area (Å²) in [6, 6.07) is 13.2. The van der Waals surface area contributed by atoms with Gasteiger partial charge in [-0.2, -0.15) is 0 Å². The van der Waals surface area contributed by atoms with Gasteiger partial charge in [-0.25, -0.2) is 0 Å². The Morgan fingerprint density at radius 3 is 2.79 bits per heavy atom. The second-order valence-electron chi connectivity index (χ2n) is 5.81. The van der Waals surface area contributed by atoms with Crippen molar-refractivity contribution in [1.29, 1.82) is 0 Å². The summed E-state index contributed by atoms with van der Waals surface area (Å²) < 4.78 is 5.38. The van der Waals surface area contributed by atoms with Gasteiger partial charge in [0.25, 0.3) is 5.91 Å². The molecule has 3 rings (SSSR count). The normalized spacial score (nSPS) is 17.1. The number of hydrogen-bond acceptors (Lipinski definition) is 3. The highest BCUT2D eigenvalue weighted by molar-refractivity contribution is 6.32. The van der Waals surface area contributed by atoms with Gasteiger partial charge >= 0.3 is 0 Å². The molecule has 2 aromatic rings. The first-order chi connectivity index (χ1) is 11.6. The van der Waals surface area contributed by atoms with Crippen molar-refractivity contribution >= 4 is 17.5 Å². The fourth-order valence-electron chi connectivity index (χ4n) is 3.16. The molecule has 0 bridgehead atoms. The Morgan fingerprint density at radius 1 is 1.33 bits per heavy atom. The summed E-state index contributed by atoms with van der Waals surface area (Å²) in [5.41, 5.74) is 1.57. The minimum atomic E-state index is -0.129. The van der Waals surface area contributed by atoms with E-state index in [4.69, 9.17) is 16.3 Å². The van der Waals surface area contributed by atoms with Gasteiger partial charge in [-0.15, -0.1) is 0 Å². The average Bonchev–Trinajstić information content (AvgIpc) is 3.08. The van der Waals surface area contributed by atoms with Crippen molar-refractivity contribution in [3.63, 3.8) is 0 Å². The first kappa shape index (κ1) is 16.7. The van der Waals surface area contributed by atoms with Gasteiger partial charge in [0.15, 0.2) is 11.5 Å². The third kappa shape index (κ3) is 3.20.